The Labute approximate surface area is 204 Å². The van der Waals surface area contributed by atoms with E-state index >= 15 is 0 Å². The van der Waals surface area contributed by atoms with Gasteiger partial charge < -0.3 is 22.1 Å². The zero-order chi connectivity index (χ0) is 24.4. The van der Waals surface area contributed by atoms with E-state index in [1.807, 2.05) is 60.7 Å². The van der Waals surface area contributed by atoms with Crippen molar-refractivity contribution in [3.63, 3.8) is 0 Å². The third-order valence-electron chi connectivity index (χ3n) is 5.97. The van der Waals surface area contributed by atoms with E-state index < -0.39 is 12.1 Å². The molecule has 0 aromatic heterocycles. The maximum Gasteiger partial charge on any atom is 0.237 e. The average molecular weight is 467 g/mol. The molecule has 186 valence electrons. The number of rotatable bonds is 17. The van der Waals surface area contributed by atoms with Crippen molar-refractivity contribution in [1.29, 1.82) is 0 Å². The van der Waals surface area contributed by atoms with Crippen molar-refractivity contribution in [2.75, 3.05) is 13.1 Å². The van der Waals surface area contributed by atoms with Gasteiger partial charge in [-0.05, 0) is 36.8 Å². The van der Waals surface area contributed by atoms with Crippen molar-refractivity contribution in [3.8, 4) is 0 Å². The Morgan fingerprint density at radius 3 is 1.24 bits per heavy atom. The molecule has 0 unspecified atom stereocenters. The van der Waals surface area contributed by atoms with E-state index in [1.54, 1.807) is 0 Å². The molecule has 0 radical (unpaired) electrons. The molecule has 0 aliphatic carbocycles. The van der Waals surface area contributed by atoms with Gasteiger partial charge in [0.25, 0.3) is 0 Å². The van der Waals surface area contributed by atoms with E-state index in [-0.39, 0.29) is 11.8 Å². The first-order chi connectivity index (χ1) is 16.6. The second kappa shape index (κ2) is 16.8. The molecule has 0 spiro atoms. The van der Waals surface area contributed by atoms with Gasteiger partial charge in [-0.2, -0.15) is 0 Å². The smallest absolute Gasteiger partial charge is 0.237 e. The molecule has 6 nitrogen and oxygen atoms in total. The quantitative estimate of drug-likeness (QED) is 0.268. The second-order valence-corrected chi connectivity index (χ2v) is 9.00. The number of hydrogen-bond donors (Lipinski definition) is 4. The predicted molar refractivity (Wildman–Crippen MR) is 139 cm³/mol. The van der Waals surface area contributed by atoms with Crippen LogP contribution in [0.25, 0.3) is 0 Å². The summed E-state index contributed by atoms with van der Waals surface area (Å²) in [6, 6.07) is 18.7. The highest BCUT2D eigenvalue weighted by Gasteiger charge is 2.14. The molecular weight excluding hydrogens is 424 g/mol. The molecule has 6 N–H and O–H groups in total. The lowest BCUT2D eigenvalue weighted by Crippen LogP contribution is -2.42. The number of carbonyl (C=O) groups is 2. The van der Waals surface area contributed by atoms with Gasteiger partial charge in [-0.3, -0.25) is 9.59 Å². The lowest BCUT2D eigenvalue weighted by atomic mass is 10.1. The Bertz CT molecular complexity index is 744. The van der Waals surface area contributed by atoms with Crippen LogP contribution < -0.4 is 22.1 Å². The fraction of sp³-hybridized carbons (Fsp3) is 0.500. The minimum Gasteiger partial charge on any atom is -0.355 e. The SMILES string of the molecule is N[C@H](Cc1ccccc1)C(=O)NCCCCCCCCCCNC(=O)[C@H](N)Cc1ccccc1. The van der Waals surface area contributed by atoms with E-state index in [4.69, 9.17) is 11.5 Å². The van der Waals surface area contributed by atoms with Crippen LogP contribution in [-0.2, 0) is 22.4 Å². The molecule has 0 aliphatic rings. The number of carbonyl (C=O) groups excluding carboxylic acids is 2. The fourth-order valence-electron chi connectivity index (χ4n) is 3.92. The van der Waals surface area contributed by atoms with Crippen molar-refractivity contribution in [2.24, 2.45) is 11.5 Å². The van der Waals surface area contributed by atoms with Gasteiger partial charge in [0.2, 0.25) is 11.8 Å². The molecule has 0 fully saturated rings. The normalized spacial score (nSPS) is 12.6. The molecular formula is C28H42N4O2. The average Bonchev–Trinajstić information content (AvgIpc) is 2.85. The second-order valence-electron chi connectivity index (χ2n) is 9.00. The van der Waals surface area contributed by atoms with Crippen molar-refractivity contribution < 1.29 is 9.59 Å². The van der Waals surface area contributed by atoms with Gasteiger partial charge in [0.15, 0.2) is 0 Å². The molecule has 0 heterocycles. The summed E-state index contributed by atoms with van der Waals surface area (Å²) in [5, 5.41) is 5.90. The molecule has 2 amide bonds. The number of nitrogens with one attached hydrogen (secondary N) is 2. The molecule has 0 saturated carbocycles. The highest BCUT2D eigenvalue weighted by Crippen LogP contribution is 2.08. The van der Waals surface area contributed by atoms with E-state index in [0.717, 1.165) is 36.8 Å². The van der Waals surface area contributed by atoms with Gasteiger partial charge in [0.1, 0.15) is 0 Å². The van der Waals surface area contributed by atoms with E-state index in [2.05, 4.69) is 10.6 Å². The first-order valence-corrected chi connectivity index (χ1v) is 12.7. The molecule has 0 aliphatic heterocycles. The summed E-state index contributed by atoms with van der Waals surface area (Å²) in [4.78, 5) is 24.2. The van der Waals surface area contributed by atoms with Crippen molar-refractivity contribution in [2.45, 2.75) is 76.3 Å². The first kappa shape index (κ1) is 27.5. The molecule has 2 aromatic rings. The maximum absolute atomic E-state index is 12.1. The van der Waals surface area contributed by atoms with Crippen LogP contribution in [0.15, 0.2) is 60.7 Å². The molecule has 2 rings (SSSR count). The van der Waals surface area contributed by atoms with Crippen LogP contribution in [0.1, 0.15) is 62.5 Å². The largest absolute Gasteiger partial charge is 0.355 e. The first-order valence-electron chi connectivity index (χ1n) is 12.7. The summed E-state index contributed by atoms with van der Waals surface area (Å²) in [6.45, 7) is 1.38. The Balaban J connectivity index is 1.37. The zero-order valence-electron chi connectivity index (χ0n) is 20.4. The van der Waals surface area contributed by atoms with Crippen LogP contribution in [0.2, 0.25) is 0 Å². The summed E-state index contributed by atoms with van der Waals surface area (Å²) >= 11 is 0. The van der Waals surface area contributed by atoms with Crippen molar-refractivity contribution in [1.82, 2.24) is 10.6 Å². The standard InChI is InChI=1S/C28H42N4O2/c29-25(21-23-15-9-7-10-16-23)27(33)31-19-13-5-3-1-2-4-6-14-20-32-28(34)26(30)22-24-17-11-8-12-18-24/h7-12,15-18,25-26H,1-6,13-14,19-22,29-30H2,(H,31,33)(H,32,34)/t25-,26-/m1/s1. The number of unbranched alkanes of at least 4 members (excludes halogenated alkanes) is 7. The van der Waals surface area contributed by atoms with Gasteiger partial charge in [0.05, 0.1) is 12.1 Å². The molecule has 34 heavy (non-hydrogen) atoms. The number of hydrogen-bond acceptors (Lipinski definition) is 4. The lowest BCUT2D eigenvalue weighted by molar-refractivity contribution is -0.123. The molecule has 6 heteroatoms. The van der Waals surface area contributed by atoms with Crippen molar-refractivity contribution >= 4 is 11.8 Å². The van der Waals surface area contributed by atoms with Gasteiger partial charge in [-0.25, -0.2) is 0 Å². The Morgan fingerprint density at radius 2 is 0.882 bits per heavy atom. The van der Waals surface area contributed by atoms with E-state index in [1.165, 1.54) is 25.7 Å². The van der Waals surface area contributed by atoms with Crippen LogP contribution in [0.4, 0.5) is 0 Å². The van der Waals surface area contributed by atoms with E-state index in [9.17, 15) is 9.59 Å². The summed E-state index contributed by atoms with van der Waals surface area (Å²) in [5.74, 6) is -0.145. The van der Waals surface area contributed by atoms with Gasteiger partial charge >= 0.3 is 0 Å². The zero-order valence-corrected chi connectivity index (χ0v) is 20.4. The lowest BCUT2D eigenvalue weighted by Gasteiger charge is -2.12. The summed E-state index contributed by atoms with van der Waals surface area (Å²) in [6.07, 6.45) is 10.1. The van der Waals surface area contributed by atoms with Gasteiger partial charge in [-0.1, -0.05) is 99.2 Å². The van der Waals surface area contributed by atoms with Crippen molar-refractivity contribution in [3.05, 3.63) is 71.8 Å². The third kappa shape index (κ3) is 12.0. The Hall–Kier alpha value is -2.70. The molecule has 2 atom stereocenters. The highest BCUT2D eigenvalue weighted by atomic mass is 16.2. The predicted octanol–water partition coefficient (Wildman–Crippen LogP) is 3.48. The summed E-state index contributed by atoms with van der Waals surface area (Å²) in [7, 11) is 0. The molecule has 2 aromatic carbocycles. The Morgan fingerprint density at radius 1 is 0.559 bits per heavy atom. The summed E-state index contributed by atoms with van der Waals surface area (Å²) in [5.41, 5.74) is 14.2. The fourth-order valence-corrected chi connectivity index (χ4v) is 3.92. The van der Waals surface area contributed by atoms with Crippen LogP contribution in [0, 0.1) is 0 Å². The number of amides is 2. The number of benzene rings is 2. The van der Waals surface area contributed by atoms with Gasteiger partial charge in [-0.15, -0.1) is 0 Å². The minimum absolute atomic E-state index is 0.0723. The van der Waals surface area contributed by atoms with E-state index in [0.29, 0.717) is 25.9 Å². The van der Waals surface area contributed by atoms with Crippen LogP contribution in [0.5, 0.6) is 0 Å². The highest BCUT2D eigenvalue weighted by molar-refractivity contribution is 5.82. The topological polar surface area (TPSA) is 110 Å². The third-order valence-corrected chi connectivity index (χ3v) is 5.97. The van der Waals surface area contributed by atoms with Crippen LogP contribution in [-0.4, -0.2) is 37.0 Å². The van der Waals surface area contributed by atoms with Crippen LogP contribution >= 0.6 is 0 Å². The number of nitrogens with two attached hydrogens (primary N) is 2. The molecule has 0 saturated heterocycles. The Kier molecular flexibility index (Phi) is 13.6. The van der Waals surface area contributed by atoms with Gasteiger partial charge in [0, 0.05) is 13.1 Å². The minimum atomic E-state index is -0.494. The van der Waals surface area contributed by atoms with Crippen LogP contribution in [0.3, 0.4) is 0 Å². The maximum atomic E-state index is 12.1. The monoisotopic (exact) mass is 466 g/mol. The summed E-state index contributed by atoms with van der Waals surface area (Å²) < 4.78 is 0. The molecule has 0 bridgehead atoms.